The average molecular weight is 343 g/mol. The maximum atomic E-state index is 12.7. The van der Waals surface area contributed by atoms with Crippen LogP contribution in [0.1, 0.15) is 24.3 Å². The van der Waals surface area contributed by atoms with E-state index in [2.05, 4.69) is 20.9 Å². The molecule has 0 spiro atoms. The molecule has 1 fully saturated rings. The Hall–Kier alpha value is -2.00. The highest BCUT2D eigenvalue weighted by molar-refractivity contribution is 5.87. The van der Waals surface area contributed by atoms with Crippen LogP contribution in [0.3, 0.4) is 0 Å². The van der Waals surface area contributed by atoms with Gasteiger partial charge in [-0.1, -0.05) is 12.1 Å². The van der Waals surface area contributed by atoms with Gasteiger partial charge in [-0.05, 0) is 36.5 Å². The number of phenolic OH excluding ortho intramolecular Hbond substituents is 1. The molecule has 132 valence electrons. The van der Waals surface area contributed by atoms with E-state index in [4.69, 9.17) is 0 Å². The van der Waals surface area contributed by atoms with E-state index in [1.54, 1.807) is 19.2 Å². The van der Waals surface area contributed by atoms with Gasteiger partial charge >= 0.3 is 6.18 Å². The second-order valence-corrected chi connectivity index (χ2v) is 6.09. The number of benzene rings is 1. The van der Waals surface area contributed by atoms with E-state index in [-0.39, 0.29) is 5.75 Å². The van der Waals surface area contributed by atoms with Gasteiger partial charge in [0.25, 0.3) is 0 Å². The van der Waals surface area contributed by atoms with Crippen molar-refractivity contribution in [2.45, 2.75) is 31.2 Å². The van der Waals surface area contributed by atoms with E-state index in [9.17, 15) is 18.3 Å². The number of rotatable bonds is 2. The molecule has 2 aliphatic rings. The van der Waals surface area contributed by atoms with E-state index in [0.717, 1.165) is 25.9 Å². The Labute approximate surface area is 137 Å². The molecule has 0 radical (unpaired) electrons. The maximum Gasteiger partial charge on any atom is 0.452 e. The zero-order valence-electron chi connectivity index (χ0n) is 13.2. The molecule has 24 heavy (non-hydrogen) atoms. The Morgan fingerprint density at radius 1 is 1.17 bits per heavy atom. The molecule has 0 saturated carbocycles. The average Bonchev–Trinajstić information content (AvgIpc) is 2.55. The number of halogens is 3. The third kappa shape index (κ3) is 3.57. The monoisotopic (exact) mass is 343 g/mol. The van der Waals surface area contributed by atoms with Gasteiger partial charge in [0, 0.05) is 20.1 Å². The van der Waals surface area contributed by atoms with Gasteiger partial charge in [-0.3, -0.25) is 15.8 Å². The highest BCUT2D eigenvalue weighted by Gasteiger charge is 2.41. The van der Waals surface area contributed by atoms with Crippen molar-refractivity contribution in [3.8, 4) is 5.75 Å². The van der Waals surface area contributed by atoms with E-state index < -0.39 is 18.3 Å². The summed E-state index contributed by atoms with van der Waals surface area (Å²) < 4.78 is 38.0. The summed E-state index contributed by atoms with van der Waals surface area (Å²) in [6.07, 6.45) is -3.13. The fraction of sp³-hybridized carbons (Fsp3) is 0.533. The van der Waals surface area contributed by atoms with E-state index in [0.29, 0.717) is 5.92 Å². The molecule has 2 aliphatic heterocycles. The lowest BCUT2D eigenvalue weighted by Gasteiger charge is -2.43. The molecule has 1 unspecified atom stereocenters. The SMILES string of the molecule is CN1NC(C(F)(F)F)=NNC1N1CCC(c2ccc(O)cc2)CC1. The van der Waals surface area contributed by atoms with E-state index in [1.165, 1.54) is 10.6 Å². The van der Waals surface area contributed by atoms with Gasteiger partial charge in [-0.25, -0.2) is 0 Å². The number of amidine groups is 1. The number of alkyl halides is 3. The number of hydrazine groups is 1. The Morgan fingerprint density at radius 2 is 1.79 bits per heavy atom. The van der Waals surface area contributed by atoms with E-state index >= 15 is 0 Å². The first-order valence-electron chi connectivity index (χ1n) is 7.77. The standard InChI is InChI=1S/C15H20F3N5O/c1-22-14(20-19-13(21-22)15(16,17)18)23-8-6-11(7-9-23)10-2-4-12(24)5-3-10/h2-5,11,14,20,24H,6-9H2,1H3,(H,19,21). The maximum absolute atomic E-state index is 12.7. The minimum atomic E-state index is -4.50. The summed E-state index contributed by atoms with van der Waals surface area (Å²) >= 11 is 0. The molecule has 1 aromatic rings. The van der Waals surface area contributed by atoms with Gasteiger partial charge in [-0.2, -0.15) is 23.3 Å². The van der Waals surface area contributed by atoms with Gasteiger partial charge in [0.15, 0.2) is 6.29 Å². The van der Waals surface area contributed by atoms with E-state index in [1.807, 2.05) is 12.1 Å². The van der Waals surface area contributed by atoms with Crippen molar-refractivity contribution >= 4 is 5.84 Å². The highest BCUT2D eigenvalue weighted by atomic mass is 19.4. The third-order valence-corrected chi connectivity index (χ3v) is 4.45. The number of nitrogens with one attached hydrogen (secondary N) is 2. The lowest BCUT2D eigenvalue weighted by Crippen LogP contribution is -2.65. The van der Waals surface area contributed by atoms with Crippen molar-refractivity contribution < 1.29 is 18.3 Å². The highest BCUT2D eigenvalue weighted by Crippen LogP contribution is 2.30. The van der Waals surface area contributed by atoms with Crippen molar-refractivity contribution in [3.63, 3.8) is 0 Å². The smallest absolute Gasteiger partial charge is 0.452 e. The Kier molecular flexibility index (Phi) is 4.55. The molecule has 3 N–H and O–H groups in total. The van der Waals surface area contributed by atoms with Crippen LogP contribution in [-0.4, -0.2) is 53.5 Å². The molecule has 0 bridgehead atoms. The van der Waals surface area contributed by atoms with Gasteiger partial charge in [0.05, 0.1) is 0 Å². The van der Waals surface area contributed by atoms with Crippen LogP contribution in [0.25, 0.3) is 0 Å². The van der Waals surface area contributed by atoms with Crippen LogP contribution in [0.2, 0.25) is 0 Å². The first kappa shape index (κ1) is 16.8. The van der Waals surface area contributed by atoms with Crippen LogP contribution in [0.4, 0.5) is 13.2 Å². The summed E-state index contributed by atoms with van der Waals surface area (Å²) in [4.78, 5) is 2.06. The molecule has 2 heterocycles. The van der Waals surface area contributed by atoms with Gasteiger partial charge in [-0.15, -0.1) is 0 Å². The molecule has 6 nitrogen and oxygen atoms in total. The second kappa shape index (κ2) is 6.48. The lowest BCUT2D eigenvalue weighted by atomic mass is 9.89. The Balaban J connectivity index is 1.59. The number of aromatic hydroxyl groups is 1. The van der Waals surface area contributed by atoms with Gasteiger partial charge in [0.1, 0.15) is 5.75 Å². The first-order chi connectivity index (χ1) is 11.3. The summed E-state index contributed by atoms with van der Waals surface area (Å²) in [5.41, 5.74) is 6.03. The summed E-state index contributed by atoms with van der Waals surface area (Å²) in [5.74, 6) is -0.410. The number of likely N-dealkylation sites (tertiary alicyclic amines) is 1. The molecule has 9 heteroatoms. The molecule has 3 rings (SSSR count). The zero-order valence-corrected chi connectivity index (χ0v) is 13.2. The fourth-order valence-electron chi connectivity index (χ4n) is 3.14. The quantitative estimate of drug-likeness (QED) is 0.764. The predicted molar refractivity (Wildman–Crippen MR) is 83.0 cm³/mol. The topological polar surface area (TPSA) is 63.1 Å². The van der Waals surface area contributed by atoms with Crippen LogP contribution < -0.4 is 10.9 Å². The second-order valence-electron chi connectivity index (χ2n) is 6.09. The number of hydrogen-bond acceptors (Lipinski definition) is 6. The molecule has 0 amide bonds. The number of phenols is 1. The van der Waals surface area contributed by atoms with Crippen molar-refractivity contribution in [1.29, 1.82) is 0 Å². The fourth-order valence-corrected chi connectivity index (χ4v) is 3.14. The molecular formula is C15H20F3N5O. The van der Waals surface area contributed by atoms with Crippen LogP contribution >= 0.6 is 0 Å². The largest absolute Gasteiger partial charge is 0.508 e. The van der Waals surface area contributed by atoms with Crippen LogP contribution in [0.5, 0.6) is 5.75 Å². The molecule has 0 aromatic heterocycles. The van der Waals surface area contributed by atoms with Crippen molar-refractivity contribution in [1.82, 2.24) is 20.8 Å². The number of nitrogens with zero attached hydrogens (tertiary/aromatic N) is 3. The first-order valence-corrected chi connectivity index (χ1v) is 7.77. The van der Waals surface area contributed by atoms with Gasteiger partial charge < -0.3 is 5.11 Å². The minimum absolute atomic E-state index is 0.244. The number of hydrogen-bond donors (Lipinski definition) is 3. The van der Waals surface area contributed by atoms with Crippen LogP contribution in [0, 0.1) is 0 Å². The molecule has 1 atom stereocenters. The third-order valence-electron chi connectivity index (χ3n) is 4.45. The summed E-state index contributed by atoms with van der Waals surface area (Å²) in [6.45, 7) is 1.48. The summed E-state index contributed by atoms with van der Waals surface area (Å²) in [7, 11) is 1.56. The van der Waals surface area contributed by atoms with Crippen molar-refractivity contribution in [3.05, 3.63) is 29.8 Å². The van der Waals surface area contributed by atoms with Gasteiger partial charge in [0.2, 0.25) is 5.84 Å². The summed E-state index contributed by atoms with van der Waals surface area (Å²) in [5, 5.41) is 14.2. The normalized spacial score (nSPS) is 24.2. The van der Waals surface area contributed by atoms with Crippen LogP contribution in [0.15, 0.2) is 29.4 Å². The Morgan fingerprint density at radius 3 is 2.33 bits per heavy atom. The number of piperidine rings is 1. The molecular weight excluding hydrogens is 323 g/mol. The minimum Gasteiger partial charge on any atom is -0.508 e. The number of hydrazone groups is 1. The predicted octanol–water partition coefficient (Wildman–Crippen LogP) is 1.77. The zero-order chi connectivity index (χ0) is 17.3. The van der Waals surface area contributed by atoms with Crippen LogP contribution in [-0.2, 0) is 0 Å². The molecule has 1 aromatic carbocycles. The molecule has 1 saturated heterocycles. The summed E-state index contributed by atoms with van der Waals surface area (Å²) in [6, 6.07) is 7.19. The van der Waals surface area contributed by atoms with Crippen molar-refractivity contribution in [2.24, 2.45) is 5.10 Å². The van der Waals surface area contributed by atoms with Crippen molar-refractivity contribution in [2.75, 3.05) is 20.1 Å². The molecule has 0 aliphatic carbocycles. The Bertz CT molecular complexity index is 596. The lowest BCUT2D eigenvalue weighted by molar-refractivity contribution is -0.0785.